The average molecular weight is 385 g/mol. The van der Waals surface area contributed by atoms with Gasteiger partial charge in [-0.2, -0.15) is 13.2 Å². The number of carboxylic acids is 1. The van der Waals surface area contributed by atoms with E-state index in [1.54, 1.807) is 4.90 Å². The van der Waals surface area contributed by atoms with E-state index in [4.69, 9.17) is 9.47 Å². The molecule has 1 aromatic carbocycles. The summed E-state index contributed by atoms with van der Waals surface area (Å²) in [4.78, 5) is 20.2. The number of carbonyl (C=O) groups is 1. The van der Waals surface area contributed by atoms with Gasteiger partial charge in [-0.3, -0.25) is 4.79 Å². The second kappa shape index (κ2) is 7.09. The first-order chi connectivity index (χ1) is 12.7. The van der Waals surface area contributed by atoms with Gasteiger partial charge in [0.15, 0.2) is 11.5 Å². The van der Waals surface area contributed by atoms with Gasteiger partial charge in [-0.15, -0.1) is 0 Å². The lowest BCUT2D eigenvalue weighted by atomic mass is 9.98. The molecule has 146 valence electrons. The monoisotopic (exact) mass is 385 g/mol. The zero-order valence-corrected chi connectivity index (χ0v) is 14.7. The molecule has 27 heavy (non-hydrogen) atoms. The number of rotatable bonds is 4. The number of ether oxygens (including phenoxy) is 2. The number of methoxy groups -OCH3 is 2. The summed E-state index contributed by atoms with van der Waals surface area (Å²) >= 11 is 0. The summed E-state index contributed by atoms with van der Waals surface area (Å²) in [5.74, 6) is -2.33. The molecule has 1 unspecified atom stereocenters. The molecule has 1 saturated heterocycles. The number of alkyl halides is 3. The smallest absolute Gasteiger partial charge is 0.451 e. The van der Waals surface area contributed by atoms with Gasteiger partial charge in [0.05, 0.1) is 25.7 Å². The second-order valence-corrected chi connectivity index (χ2v) is 6.22. The summed E-state index contributed by atoms with van der Waals surface area (Å²) in [7, 11) is 2.79. The average Bonchev–Trinajstić information content (AvgIpc) is 2.65. The standard InChI is InChI=1S/C17H18F3N3O4/c1-26-12-6-10-11(7-13(12)27-2)21-16(17(18,19)20)22-14(10)23-5-3-4-9(8-23)15(24)25/h6-7,9H,3-5,8H2,1-2H3,(H,24,25). The molecule has 1 aliphatic rings. The molecule has 0 radical (unpaired) electrons. The topological polar surface area (TPSA) is 84.8 Å². The van der Waals surface area contributed by atoms with E-state index < -0.39 is 23.9 Å². The molecular weight excluding hydrogens is 367 g/mol. The van der Waals surface area contributed by atoms with Crippen LogP contribution >= 0.6 is 0 Å². The normalized spacial score (nSPS) is 17.8. The predicted octanol–water partition coefficient (Wildman–Crippen LogP) is 2.97. The first kappa shape index (κ1) is 19.0. The van der Waals surface area contributed by atoms with Crippen LogP contribution in [0.3, 0.4) is 0 Å². The molecule has 10 heteroatoms. The fourth-order valence-corrected chi connectivity index (χ4v) is 3.18. The largest absolute Gasteiger partial charge is 0.493 e. The van der Waals surface area contributed by atoms with Crippen LogP contribution in [0.2, 0.25) is 0 Å². The number of hydrogen-bond acceptors (Lipinski definition) is 6. The van der Waals surface area contributed by atoms with Crippen LogP contribution in [0.5, 0.6) is 11.5 Å². The quantitative estimate of drug-likeness (QED) is 0.866. The van der Waals surface area contributed by atoms with Gasteiger partial charge in [-0.05, 0) is 18.9 Å². The van der Waals surface area contributed by atoms with Crippen molar-refractivity contribution in [3.05, 3.63) is 18.0 Å². The molecule has 0 aliphatic carbocycles. The number of aliphatic carboxylic acids is 1. The Hall–Kier alpha value is -2.78. The van der Waals surface area contributed by atoms with Crippen LogP contribution < -0.4 is 14.4 Å². The maximum absolute atomic E-state index is 13.3. The minimum Gasteiger partial charge on any atom is -0.493 e. The van der Waals surface area contributed by atoms with Crippen molar-refractivity contribution in [1.29, 1.82) is 0 Å². The summed E-state index contributed by atoms with van der Waals surface area (Å²) in [6.07, 6.45) is -3.73. The lowest BCUT2D eigenvalue weighted by molar-refractivity contribution is -0.145. The first-order valence-electron chi connectivity index (χ1n) is 8.23. The molecule has 0 saturated carbocycles. The highest BCUT2D eigenvalue weighted by molar-refractivity contribution is 5.92. The maximum Gasteiger partial charge on any atom is 0.451 e. The van der Waals surface area contributed by atoms with Gasteiger partial charge < -0.3 is 19.5 Å². The van der Waals surface area contributed by atoms with Crippen LogP contribution in [0.4, 0.5) is 19.0 Å². The van der Waals surface area contributed by atoms with E-state index in [-0.39, 0.29) is 23.6 Å². The molecule has 0 amide bonds. The number of benzene rings is 1. The van der Waals surface area contributed by atoms with Crippen molar-refractivity contribution in [1.82, 2.24) is 9.97 Å². The Morgan fingerprint density at radius 3 is 2.48 bits per heavy atom. The predicted molar refractivity (Wildman–Crippen MR) is 90.2 cm³/mol. The minimum atomic E-state index is -4.74. The highest BCUT2D eigenvalue weighted by Gasteiger charge is 2.37. The Balaban J connectivity index is 2.20. The number of anilines is 1. The number of halogens is 3. The molecule has 1 atom stereocenters. The molecule has 1 fully saturated rings. The molecule has 1 aliphatic heterocycles. The lowest BCUT2D eigenvalue weighted by Gasteiger charge is -2.32. The fraction of sp³-hybridized carbons (Fsp3) is 0.471. The van der Waals surface area contributed by atoms with Gasteiger partial charge in [-0.25, -0.2) is 9.97 Å². The summed E-state index contributed by atoms with van der Waals surface area (Å²) in [6.45, 7) is 0.481. The van der Waals surface area contributed by atoms with E-state index in [9.17, 15) is 23.1 Å². The number of hydrogen-bond donors (Lipinski definition) is 1. The number of nitrogens with zero attached hydrogens (tertiary/aromatic N) is 3. The van der Waals surface area contributed by atoms with Crippen molar-refractivity contribution < 1.29 is 32.5 Å². The number of piperidine rings is 1. The van der Waals surface area contributed by atoms with Crippen LogP contribution in [0.15, 0.2) is 12.1 Å². The zero-order chi connectivity index (χ0) is 19.8. The number of fused-ring (bicyclic) bond motifs is 1. The molecule has 2 aromatic rings. The van der Waals surface area contributed by atoms with Gasteiger partial charge >= 0.3 is 12.1 Å². The van der Waals surface area contributed by atoms with Gasteiger partial charge in [0.2, 0.25) is 5.82 Å². The van der Waals surface area contributed by atoms with Crippen molar-refractivity contribution >= 4 is 22.7 Å². The second-order valence-electron chi connectivity index (χ2n) is 6.22. The Kier molecular flexibility index (Phi) is 4.99. The SMILES string of the molecule is COc1cc2nc(C(F)(F)F)nc(N3CCCC(C(=O)O)C3)c2cc1OC. The molecule has 3 rings (SSSR count). The Morgan fingerprint density at radius 1 is 1.22 bits per heavy atom. The third-order valence-electron chi connectivity index (χ3n) is 4.50. The van der Waals surface area contributed by atoms with Gasteiger partial charge in [0.25, 0.3) is 0 Å². The Morgan fingerprint density at radius 2 is 1.89 bits per heavy atom. The summed E-state index contributed by atoms with van der Waals surface area (Å²) < 4.78 is 50.3. The van der Waals surface area contributed by atoms with Crippen LogP contribution in [-0.4, -0.2) is 48.4 Å². The summed E-state index contributed by atoms with van der Waals surface area (Å²) in [5, 5.41) is 9.61. The summed E-state index contributed by atoms with van der Waals surface area (Å²) in [6, 6.07) is 2.86. The van der Waals surface area contributed by atoms with Crippen LogP contribution in [0.25, 0.3) is 10.9 Å². The Bertz CT molecular complexity index is 873. The van der Waals surface area contributed by atoms with E-state index in [0.29, 0.717) is 30.5 Å². The van der Waals surface area contributed by atoms with Crippen molar-refractivity contribution in [2.45, 2.75) is 19.0 Å². The maximum atomic E-state index is 13.3. The molecule has 2 heterocycles. The van der Waals surface area contributed by atoms with Crippen molar-refractivity contribution in [2.24, 2.45) is 5.92 Å². The van der Waals surface area contributed by atoms with Crippen LogP contribution in [-0.2, 0) is 11.0 Å². The van der Waals surface area contributed by atoms with E-state index in [1.165, 1.54) is 26.4 Å². The zero-order valence-electron chi connectivity index (χ0n) is 14.7. The van der Waals surface area contributed by atoms with E-state index in [2.05, 4.69) is 9.97 Å². The van der Waals surface area contributed by atoms with Crippen molar-refractivity contribution in [3.8, 4) is 11.5 Å². The van der Waals surface area contributed by atoms with Gasteiger partial charge in [0.1, 0.15) is 5.82 Å². The minimum absolute atomic E-state index is 0.0410. The van der Waals surface area contributed by atoms with Crippen LogP contribution in [0, 0.1) is 5.92 Å². The molecule has 0 spiro atoms. The lowest BCUT2D eigenvalue weighted by Crippen LogP contribution is -2.39. The van der Waals surface area contributed by atoms with Crippen molar-refractivity contribution in [3.63, 3.8) is 0 Å². The molecule has 1 aromatic heterocycles. The highest BCUT2D eigenvalue weighted by Crippen LogP contribution is 2.38. The third-order valence-corrected chi connectivity index (χ3v) is 4.50. The summed E-state index contributed by atoms with van der Waals surface area (Å²) in [5.41, 5.74) is 0.0439. The van der Waals surface area contributed by atoms with Gasteiger partial charge in [-0.1, -0.05) is 0 Å². The molecule has 1 N–H and O–H groups in total. The van der Waals surface area contributed by atoms with Crippen LogP contribution in [0.1, 0.15) is 18.7 Å². The molecular formula is C17H18F3N3O4. The first-order valence-corrected chi connectivity index (χ1v) is 8.23. The Labute approximate surface area is 152 Å². The van der Waals surface area contributed by atoms with Crippen molar-refractivity contribution in [2.75, 3.05) is 32.2 Å². The van der Waals surface area contributed by atoms with E-state index in [1.807, 2.05) is 0 Å². The van der Waals surface area contributed by atoms with E-state index in [0.717, 1.165) is 0 Å². The number of aromatic nitrogens is 2. The number of carboxylic acid groups (broad SMARTS) is 1. The van der Waals surface area contributed by atoms with Gasteiger partial charge in [0, 0.05) is 24.5 Å². The fourth-order valence-electron chi connectivity index (χ4n) is 3.18. The molecule has 7 nitrogen and oxygen atoms in total. The highest BCUT2D eigenvalue weighted by atomic mass is 19.4. The molecule has 0 bridgehead atoms. The third kappa shape index (κ3) is 3.69. The van der Waals surface area contributed by atoms with E-state index >= 15 is 0 Å².